The summed E-state index contributed by atoms with van der Waals surface area (Å²) in [6.45, 7) is 2.26. The molecule has 120 valence electrons. The summed E-state index contributed by atoms with van der Waals surface area (Å²) in [6.07, 6.45) is 3.64. The van der Waals surface area contributed by atoms with Gasteiger partial charge in [-0.15, -0.1) is 0 Å². The van der Waals surface area contributed by atoms with Crippen LogP contribution in [0, 0.1) is 5.92 Å². The van der Waals surface area contributed by atoms with E-state index in [1.807, 2.05) is 18.3 Å². The molecule has 0 fully saturated rings. The summed E-state index contributed by atoms with van der Waals surface area (Å²) in [6, 6.07) is 3.90. The molecule has 1 unspecified atom stereocenters. The lowest BCUT2D eigenvalue weighted by atomic mass is 10.1. The van der Waals surface area contributed by atoms with Gasteiger partial charge in [-0.1, -0.05) is 22.9 Å². The van der Waals surface area contributed by atoms with E-state index in [1.54, 1.807) is 17.8 Å². The van der Waals surface area contributed by atoms with Gasteiger partial charge in [0, 0.05) is 27.2 Å². The van der Waals surface area contributed by atoms with Gasteiger partial charge in [-0.25, -0.2) is 0 Å². The Bertz CT molecular complexity index is 870. The fourth-order valence-electron chi connectivity index (χ4n) is 2.49. The number of methoxy groups -OCH3 is 1. The number of benzene rings is 1. The average Bonchev–Trinajstić information content (AvgIpc) is 3.13. The molecule has 23 heavy (non-hydrogen) atoms. The average molecular weight is 378 g/mol. The lowest BCUT2D eigenvalue weighted by Gasteiger charge is -2.08. The van der Waals surface area contributed by atoms with Crippen LogP contribution in [0.4, 0.5) is 5.82 Å². The minimum absolute atomic E-state index is 0.256. The minimum atomic E-state index is -0.266. The number of anilines is 1. The van der Waals surface area contributed by atoms with Crippen molar-refractivity contribution in [2.45, 2.75) is 13.5 Å². The number of nitrogen functional groups attached to an aromatic ring is 1. The van der Waals surface area contributed by atoms with Crippen LogP contribution in [-0.4, -0.2) is 33.1 Å². The fraction of sp³-hybridized carbons (Fsp3) is 0.267. The molecule has 0 aliphatic rings. The first-order chi connectivity index (χ1) is 11.0. The van der Waals surface area contributed by atoms with E-state index in [-0.39, 0.29) is 11.9 Å². The zero-order valence-corrected chi connectivity index (χ0v) is 14.3. The van der Waals surface area contributed by atoms with Gasteiger partial charge in [0.2, 0.25) is 0 Å². The number of carbonyl (C=O) groups excluding carboxylic acids is 1. The Balaban J connectivity index is 1.96. The summed E-state index contributed by atoms with van der Waals surface area (Å²) >= 11 is 3.49. The third kappa shape index (κ3) is 2.94. The predicted molar refractivity (Wildman–Crippen MR) is 90.6 cm³/mol. The number of fused-ring (bicyclic) bond motifs is 1. The van der Waals surface area contributed by atoms with Gasteiger partial charge in [-0.2, -0.15) is 10.2 Å². The predicted octanol–water partition coefficient (Wildman–Crippen LogP) is 2.58. The molecule has 0 radical (unpaired) electrons. The molecule has 0 amide bonds. The van der Waals surface area contributed by atoms with Crippen molar-refractivity contribution in [3.63, 3.8) is 0 Å². The van der Waals surface area contributed by atoms with Gasteiger partial charge >= 0.3 is 5.97 Å². The molecule has 0 spiro atoms. The zero-order chi connectivity index (χ0) is 16.6. The summed E-state index contributed by atoms with van der Waals surface area (Å²) in [5.74, 6) is -0.0689. The summed E-state index contributed by atoms with van der Waals surface area (Å²) in [5.41, 5.74) is 8.58. The smallest absolute Gasteiger partial charge is 0.310 e. The number of aromatic amines is 1. The second-order valence-corrected chi connectivity index (χ2v) is 6.28. The van der Waals surface area contributed by atoms with E-state index in [1.165, 1.54) is 7.11 Å². The highest BCUT2D eigenvalue weighted by Gasteiger charge is 2.16. The highest BCUT2D eigenvalue weighted by atomic mass is 79.9. The number of hydrogen-bond acceptors (Lipinski definition) is 5. The van der Waals surface area contributed by atoms with E-state index in [0.717, 1.165) is 26.5 Å². The largest absolute Gasteiger partial charge is 0.469 e. The number of halogens is 1. The monoisotopic (exact) mass is 377 g/mol. The number of rotatable bonds is 4. The van der Waals surface area contributed by atoms with Crippen LogP contribution in [-0.2, 0) is 16.1 Å². The number of esters is 1. The number of hydrogen-bond donors (Lipinski definition) is 2. The van der Waals surface area contributed by atoms with Crippen LogP contribution in [0.1, 0.15) is 6.92 Å². The summed E-state index contributed by atoms with van der Waals surface area (Å²) in [5, 5.41) is 12.2. The lowest BCUT2D eigenvalue weighted by Crippen LogP contribution is -2.18. The van der Waals surface area contributed by atoms with E-state index in [9.17, 15) is 4.79 Å². The van der Waals surface area contributed by atoms with Crippen LogP contribution in [0.25, 0.3) is 22.0 Å². The molecule has 3 N–H and O–H groups in total. The number of nitrogens with one attached hydrogen (secondary N) is 1. The normalized spacial score (nSPS) is 12.5. The number of aromatic nitrogens is 4. The first-order valence-corrected chi connectivity index (χ1v) is 7.82. The Morgan fingerprint density at radius 1 is 1.52 bits per heavy atom. The van der Waals surface area contributed by atoms with Crippen LogP contribution in [0.2, 0.25) is 0 Å². The van der Waals surface area contributed by atoms with Gasteiger partial charge in [0.1, 0.15) is 0 Å². The maximum absolute atomic E-state index is 11.5. The molecule has 0 aliphatic carbocycles. The standard InChI is InChI=1S/C15H16BrN5O2/c1-8(15(22)23-2)6-21-7-9(5-18-21)11-3-10(16)4-12-13(11)19-20-14(12)17/h3-5,7-8H,6H2,1-2H3,(H3,17,19,20). The Labute approximate surface area is 140 Å². The van der Waals surface area contributed by atoms with Crippen LogP contribution in [0.15, 0.2) is 29.0 Å². The third-order valence-corrected chi connectivity index (χ3v) is 4.13. The molecule has 1 atom stereocenters. The maximum Gasteiger partial charge on any atom is 0.310 e. The van der Waals surface area contributed by atoms with Crippen LogP contribution in [0.3, 0.4) is 0 Å². The van der Waals surface area contributed by atoms with Gasteiger partial charge in [0.25, 0.3) is 0 Å². The Hall–Kier alpha value is -2.35. The first kappa shape index (κ1) is 15.5. The van der Waals surface area contributed by atoms with Gasteiger partial charge < -0.3 is 10.5 Å². The number of nitrogens with zero attached hydrogens (tertiary/aromatic N) is 3. The Morgan fingerprint density at radius 3 is 3.04 bits per heavy atom. The molecule has 3 rings (SSSR count). The van der Waals surface area contributed by atoms with Crippen LogP contribution < -0.4 is 5.73 Å². The fourth-order valence-corrected chi connectivity index (χ4v) is 2.95. The molecule has 0 aliphatic heterocycles. The minimum Gasteiger partial charge on any atom is -0.469 e. The van der Waals surface area contributed by atoms with Crippen molar-refractivity contribution in [2.75, 3.05) is 12.8 Å². The molecule has 3 aromatic rings. The molecule has 1 aromatic carbocycles. The number of carbonyl (C=O) groups is 1. The summed E-state index contributed by atoms with van der Waals surface area (Å²) in [4.78, 5) is 11.5. The number of H-pyrrole nitrogens is 1. The molecule has 2 aromatic heterocycles. The van der Waals surface area contributed by atoms with Crippen LogP contribution >= 0.6 is 15.9 Å². The highest BCUT2D eigenvalue weighted by molar-refractivity contribution is 9.10. The molecular weight excluding hydrogens is 362 g/mol. The third-order valence-electron chi connectivity index (χ3n) is 3.68. The van der Waals surface area contributed by atoms with E-state index < -0.39 is 0 Å². The van der Waals surface area contributed by atoms with Crippen molar-refractivity contribution in [3.8, 4) is 11.1 Å². The van der Waals surface area contributed by atoms with Gasteiger partial charge in [0.15, 0.2) is 5.82 Å². The zero-order valence-electron chi connectivity index (χ0n) is 12.7. The maximum atomic E-state index is 11.5. The summed E-state index contributed by atoms with van der Waals surface area (Å²) in [7, 11) is 1.38. The van der Waals surface area contributed by atoms with Crippen molar-refractivity contribution in [1.82, 2.24) is 20.0 Å². The quantitative estimate of drug-likeness (QED) is 0.680. The molecule has 0 saturated carbocycles. The highest BCUT2D eigenvalue weighted by Crippen LogP contribution is 2.33. The molecular formula is C15H16BrN5O2. The number of ether oxygens (including phenoxy) is 1. The van der Waals surface area contributed by atoms with E-state index >= 15 is 0 Å². The number of nitrogens with two attached hydrogens (primary N) is 1. The molecule has 8 heteroatoms. The van der Waals surface area contributed by atoms with E-state index in [0.29, 0.717) is 12.4 Å². The lowest BCUT2D eigenvalue weighted by molar-refractivity contribution is -0.145. The van der Waals surface area contributed by atoms with Crippen molar-refractivity contribution < 1.29 is 9.53 Å². The molecule has 0 saturated heterocycles. The van der Waals surface area contributed by atoms with Gasteiger partial charge in [-0.05, 0) is 12.1 Å². The SMILES string of the molecule is COC(=O)C(C)Cn1cc(-c2cc(Br)cc3c(N)n[nH]c23)cn1. The van der Waals surface area contributed by atoms with Crippen molar-refractivity contribution in [2.24, 2.45) is 5.92 Å². The second kappa shape index (κ2) is 6.04. The van der Waals surface area contributed by atoms with Gasteiger partial charge in [-0.3, -0.25) is 14.6 Å². The van der Waals surface area contributed by atoms with Crippen molar-refractivity contribution in [1.29, 1.82) is 0 Å². The summed E-state index contributed by atoms with van der Waals surface area (Å²) < 4.78 is 7.37. The Kier molecular flexibility index (Phi) is 4.08. The van der Waals surface area contributed by atoms with Crippen molar-refractivity contribution >= 4 is 38.6 Å². The van der Waals surface area contributed by atoms with Crippen LogP contribution in [0.5, 0.6) is 0 Å². The molecule has 2 heterocycles. The van der Waals surface area contributed by atoms with Gasteiger partial charge in [0.05, 0.1) is 31.3 Å². The van der Waals surface area contributed by atoms with E-state index in [4.69, 9.17) is 10.5 Å². The molecule has 7 nitrogen and oxygen atoms in total. The Morgan fingerprint density at radius 2 is 2.30 bits per heavy atom. The first-order valence-electron chi connectivity index (χ1n) is 7.03. The van der Waals surface area contributed by atoms with Crippen molar-refractivity contribution in [3.05, 3.63) is 29.0 Å². The molecule has 0 bridgehead atoms. The van der Waals surface area contributed by atoms with E-state index in [2.05, 4.69) is 31.2 Å². The second-order valence-electron chi connectivity index (χ2n) is 5.36. The topological polar surface area (TPSA) is 98.8 Å².